The number of para-hydroxylation sites is 2. The van der Waals surface area contributed by atoms with Crippen molar-refractivity contribution in [3.8, 4) is 5.75 Å². The summed E-state index contributed by atoms with van der Waals surface area (Å²) in [6.45, 7) is 6.49. The quantitative estimate of drug-likeness (QED) is 0.672. The van der Waals surface area contributed by atoms with E-state index in [-0.39, 0.29) is 23.6 Å². The summed E-state index contributed by atoms with van der Waals surface area (Å²) in [6, 6.07) is 13.0. The zero-order valence-corrected chi connectivity index (χ0v) is 18.0. The van der Waals surface area contributed by atoms with Gasteiger partial charge in [0.25, 0.3) is 11.8 Å². The molecule has 1 N–H and O–H groups in total. The second kappa shape index (κ2) is 8.71. The number of nitrogens with one attached hydrogen (secondary N) is 1. The molecule has 2 heterocycles. The van der Waals surface area contributed by atoms with Gasteiger partial charge in [-0.15, -0.1) is 0 Å². The van der Waals surface area contributed by atoms with Crippen LogP contribution in [0.1, 0.15) is 49.7 Å². The number of hydrogen-bond acceptors (Lipinski definition) is 5. The Kier molecular flexibility index (Phi) is 5.84. The Morgan fingerprint density at radius 2 is 2.00 bits per heavy atom. The SMILES string of the molecule is CC[C@H]1Oc2ccc(NC(=O)c3cnc4ccccc4n3)cc2CN([C@@H](C)CC)C1=O. The maximum atomic E-state index is 12.9. The van der Waals surface area contributed by atoms with E-state index in [0.29, 0.717) is 29.9 Å². The van der Waals surface area contributed by atoms with Crippen LogP contribution in [0.4, 0.5) is 5.69 Å². The lowest BCUT2D eigenvalue weighted by molar-refractivity contribution is -0.140. The molecule has 0 radical (unpaired) electrons. The fraction of sp³-hybridized carbons (Fsp3) is 0.333. The largest absolute Gasteiger partial charge is 0.480 e. The minimum absolute atomic E-state index is 0.00470. The summed E-state index contributed by atoms with van der Waals surface area (Å²) in [5.74, 6) is 0.341. The van der Waals surface area contributed by atoms with Gasteiger partial charge < -0.3 is 15.0 Å². The molecule has 0 spiro atoms. The van der Waals surface area contributed by atoms with Crippen molar-refractivity contribution in [2.24, 2.45) is 0 Å². The van der Waals surface area contributed by atoms with E-state index in [2.05, 4.69) is 22.2 Å². The topological polar surface area (TPSA) is 84.4 Å². The first-order valence-electron chi connectivity index (χ1n) is 10.6. The lowest BCUT2D eigenvalue weighted by Crippen LogP contribution is -2.43. The molecule has 31 heavy (non-hydrogen) atoms. The van der Waals surface area contributed by atoms with Crippen molar-refractivity contribution in [1.82, 2.24) is 14.9 Å². The molecule has 1 aromatic heterocycles. The standard InChI is InChI=1S/C24H26N4O3/c1-4-15(3)28-14-16-12-17(10-11-22(16)31-21(5-2)24(28)30)26-23(29)20-13-25-18-8-6-7-9-19(18)27-20/h6-13,15,21H,4-5,14H2,1-3H3,(H,26,29)/t15-,21+/m0/s1. The van der Waals surface area contributed by atoms with Gasteiger partial charge in [0.05, 0.1) is 17.2 Å². The zero-order valence-electron chi connectivity index (χ0n) is 18.0. The number of amides is 2. The maximum Gasteiger partial charge on any atom is 0.275 e. The van der Waals surface area contributed by atoms with Crippen LogP contribution in [-0.2, 0) is 11.3 Å². The van der Waals surface area contributed by atoms with E-state index < -0.39 is 6.10 Å². The summed E-state index contributed by atoms with van der Waals surface area (Å²) in [5, 5.41) is 2.89. The molecule has 160 valence electrons. The highest BCUT2D eigenvalue weighted by atomic mass is 16.5. The Labute approximate surface area is 181 Å². The summed E-state index contributed by atoms with van der Waals surface area (Å²) in [7, 11) is 0. The second-order valence-corrected chi connectivity index (χ2v) is 7.76. The number of carbonyl (C=O) groups excluding carboxylic acids is 2. The molecular weight excluding hydrogens is 392 g/mol. The third-order valence-electron chi connectivity index (χ3n) is 5.66. The van der Waals surface area contributed by atoms with Gasteiger partial charge in [-0.3, -0.25) is 14.6 Å². The third-order valence-corrected chi connectivity index (χ3v) is 5.66. The molecule has 4 rings (SSSR count). The van der Waals surface area contributed by atoms with Crippen LogP contribution in [0.5, 0.6) is 5.75 Å². The molecule has 3 aromatic rings. The van der Waals surface area contributed by atoms with Crippen molar-refractivity contribution in [2.45, 2.75) is 52.3 Å². The molecule has 0 aliphatic carbocycles. The fourth-order valence-corrected chi connectivity index (χ4v) is 3.66. The van der Waals surface area contributed by atoms with E-state index in [4.69, 9.17) is 4.74 Å². The normalized spacial score (nSPS) is 16.9. The van der Waals surface area contributed by atoms with E-state index in [0.717, 1.165) is 17.5 Å². The van der Waals surface area contributed by atoms with Crippen LogP contribution in [-0.4, -0.2) is 38.8 Å². The van der Waals surface area contributed by atoms with Crippen LogP contribution in [0.15, 0.2) is 48.7 Å². The molecule has 1 aliphatic heterocycles. The molecule has 0 fully saturated rings. The van der Waals surface area contributed by atoms with Crippen LogP contribution in [0.3, 0.4) is 0 Å². The number of carbonyl (C=O) groups is 2. The molecule has 2 aromatic carbocycles. The third kappa shape index (κ3) is 4.21. The van der Waals surface area contributed by atoms with Crippen molar-refractivity contribution in [2.75, 3.05) is 5.32 Å². The van der Waals surface area contributed by atoms with Gasteiger partial charge in [-0.1, -0.05) is 26.0 Å². The van der Waals surface area contributed by atoms with E-state index in [1.54, 1.807) is 6.07 Å². The Morgan fingerprint density at radius 1 is 1.23 bits per heavy atom. The number of anilines is 1. The molecule has 0 saturated heterocycles. The average molecular weight is 418 g/mol. The van der Waals surface area contributed by atoms with E-state index in [1.165, 1.54) is 6.20 Å². The number of fused-ring (bicyclic) bond motifs is 2. The van der Waals surface area contributed by atoms with Crippen molar-refractivity contribution in [3.05, 3.63) is 59.9 Å². The number of hydrogen-bond donors (Lipinski definition) is 1. The predicted octanol–water partition coefficient (Wildman–Crippen LogP) is 4.18. The Morgan fingerprint density at radius 3 is 2.74 bits per heavy atom. The summed E-state index contributed by atoms with van der Waals surface area (Å²) < 4.78 is 6.01. The van der Waals surface area contributed by atoms with Gasteiger partial charge in [-0.25, -0.2) is 4.98 Å². The van der Waals surface area contributed by atoms with Crippen LogP contribution in [0.2, 0.25) is 0 Å². The molecule has 0 bridgehead atoms. The van der Waals surface area contributed by atoms with E-state index in [1.807, 2.05) is 55.1 Å². The molecule has 0 saturated carbocycles. The lowest BCUT2D eigenvalue weighted by Gasteiger charge is -2.28. The molecule has 7 nitrogen and oxygen atoms in total. The van der Waals surface area contributed by atoms with Gasteiger partial charge in [0.15, 0.2) is 6.10 Å². The van der Waals surface area contributed by atoms with Gasteiger partial charge in [-0.05, 0) is 50.1 Å². The first-order valence-corrected chi connectivity index (χ1v) is 10.6. The first kappa shape index (κ1) is 20.8. The van der Waals surface area contributed by atoms with Crippen LogP contribution < -0.4 is 10.1 Å². The predicted molar refractivity (Wildman–Crippen MR) is 119 cm³/mol. The molecule has 1 aliphatic rings. The molecule has 0 unspecified atom stereocenters. The highest BCUT2D eigenvalue weighted by Crippen LogP contribution is 2.30. The highest BCUT2D eigenvalue weighted by Gasteiger charge is 2.32. The van der Waals surface area contributed by atoms with Crippen molar-refractivity contribution in [3.63, 3.8) is 0 Å². The average Bonchev–Trinajstić information content (AvgIpc) is 2.94. The van der Waals surface area contributed by atoms with Gasteiger partial charge in [0, 0.05) is 23.8 Å². The number of nitrogens with zero attached hydrogens (tertiary/aromatic N) is 3. The van der Waals surface area contributed by atoms with Crippen LogP contribution >= 0.6 is 0 Å². The summed E-state index contributed by atoms with van der Waals surface area (Å²) in [6.07, 6.45) is 2.43. The summed E-state index contributed by atoms with van der Waals surface area (Å²) in [4.78, 5) is 36.2. The fourth-order valence-electron chi connectivity index (χ4n) is 3.66. The van der Waals surface area contributed by atoms with Gasteiger partial charge in [-0.2, -0.15) is 0 Å². The number of ether oxygens (including phenoxy) is 1. The molecule has 2 atom stereocenters. The molecular formula is C24H26N4O3. The lowest BCUT2D eigenvalue weighted by atomic mass is 10.1. The monoisotopic (exact) mass is 418 g/mol. The molecule has 2 amide bonds. The zero-order chi connectivity index (χ0) is 22.0. The Hall–Kier alpha value is -3.48. The van der Waals surface area contributed by atoms with Crippen molar-refractivity contribution in [1.29, 1.82) is 0 Å². The van der Waals surface area contributed by atoms with Crippen LogP contribution in [0, 0.1) is 0 Å². The molecule has 7 heteroatoms. The van der Waals surface area contributed by atoms with E-state index in [9.17, 15) is 9.59 Å². The van der Waals surface area contributed by atoms with Crippen LogP contribution in [0.25, 0.3) is 11.0 Å². The number of aromatic nitrogens is 2. The van der Waals surface area contributed by atoms with Gasteiger partial charge in [0.1, 0.15) is 11.4 Å². The highest BCUT2D eigenvalue weighted by molar-refractivity contribution is 6.03. The van der Waals surface area contributed by atoms with E-state index >= 15 is 0 Å². The number of benzene rings is 2. The van der Waals surface area contributed by atoms with Crippen molar-refractivity contribution < 1.29 is 14.3 Å². The second-order valence-electron chi connectivity index (χ2n) is 7.76. The summed E-state index contributed by atoms with van der Waals surface area (Å²) in [5.41, 5.74) is 3.13. The minimum Gasteiger partial charge on any atom is -0.480 e. The number of rotatable bonds is 5. The van der Waals surface area contributed by atoms with Gasteiger partial charge in [0.2, 0.25) is 0 Å². The Balaban J connectivity index is 1.59. The first-order chi connectivity index (χ1) is 15.0. The smallest absolute Gasteiger partial charge is 0.275 e. The van der Waals surface area contributed by atoms with Gasteiger partial charge >= 0.3 is 0 Å². The summed E-state index contributed by atoms with van der Waals surface area (Å²) >= 11 is 0. The minimum atomic E-state index is -0.497. The maximum absolute atomic E-state index is 12.9. The van der Waals surface area contributed by atoms with Crippen molar-refractivity contribution >= 4 is 28.5 Å². The Bertz CT molecular complexity index is 1130.